The lowest BCUT2D eigenvalue weighted by molar-refractivity contribution is 0.402. The molecule has 1 aliphatic rings. The number of alkyl halides is 1. The van der Waals surface area contributed by atoms with E-state index in [2.05, 4.69) is 21.7 Å². The molecule has 0 amide bonds. The van der Waals surface area contributed by atoms with Crippen LogP contribution in [0.2, 0.25) is 0 Å². The highest BCUT2D eigenvalue weighted by molar-refractivity contribution is 7.09. The van der Waals surface area contributed by atoms with E-state index in [1.165, 1.54) is 4.88 Å². The molecule has 3 N–H and O–H groups in total. The third-order valence-corrected chi connectivity index (χ3v) is 4.73. The van der Waals surface area contributed by atoms with Crippen molar-refractivity contribution in [1.29, 1.82) is 0 Å². The molecule has 0 spiro atoms. The molecule has 0 saturated heterocycles. The van der Waals surface area contributed by atoms with Crippen molar-refractivity contribution in [2.75, 3.05) is 11.9 Å². The highest BCUT2D eigenvalue weighted by Crippen LogP contribution is 2.27. The molecular weight excluding hydrogens is 296 g/mol. The van der Waals surface area contributed by atoms with E-state index in [1.807, 2.05) is 33.3 Å². The van der Waals surface area contributed by atoms with Gasteiger partial charge in [-0.3, -0.25) is 4.98 Å². The molecule has 113 valence electrons. The average Bonchev–Trinajstić information content (AvgIpc) is 3.13. The Balaban J connectivity index is 1.89. The van der Waals surface area contributed by atoms with Crippen molar-refractivity contribution in [3.8, 4) is 0 Å². The molecule has 6 heteroatoms. The predicted octanol–water partition coefficient (Wildman–Crippen LogP) is 2.43. The minimum atomic E-state index is -1.14. The van der Waals surface area contributed by atoms with Gasteiger partial charge < -0.3 is 11.1 Å². The number of hydrogen-bond acceptors (Lipinski definition) is 4. The molecule has 1 aliphatic heterocycles. The third kappa shape index (κ3) is 2.81. The summed E-state index contributed by atoms with van der Waals surface area (Å²) in [6.07, 6.45) is -1.14. The Kier molecular flexibility index (Phi) is 4.31. The number of halogens is 1. The molecule has 3 nitrogen and oxygen atoms in total. The second-order valence-corrected chi connectivity index (χ2v) is 6.47. The molecule has 1 radical (unpaired) electrons. The number of pyridine rings is 1. The van der Waals surface area contributed by atoms with Crippen LogP contribution in [0.15, 0.2) is 29.1 Å². The lowest BCUT2D eigenvalue weighted by Crippen LogP contribution is -2.26. The van der Waals surface area contributed by atoms with Crippen LogP contribution in [-0.2, 0) is 6.54 Å². The summed E-state index contributed by atoms with van der Waals surface area (Å²) in [5.41, 5.74) is 10.7. The van der Waals surface area contributed by atoms with Gasteiger partial charge in [-0.1, -0.05) is 11.5 Å². The van der Waals surface area contributed by atoms with Crippen molar-refractivity contribution in [2.45, 2.75) is 26.6 Å². The van der Waals surface area contributed by atoms with E-state index >= 15 is 0 Å². The number of nitrogens with zero attached hydrogens (tertiary/aromatic N) is 1. The van der Waals surface area contributed by atoms with Gasteiger partial charge in [0.1, 0.15) is 6.17 Å². The molecule has 0 saturated carbocycles. The van der Waals surface area contributed by atoms with Gasteiger partial charge >= 0.3 is 0 Å². The summed E-state index contributed by atoms with van der Waals surface area (Å²) in [4.78, 5) is 5.83. The van der Waals surface area contributed by atoms with Gasteiger partial charge in [-0.15, -0.1) is 11.3 Å². The van der Waals surface area contributed by atoms with Crippen LogP contribution in [0.25, 0.3) is 5.57 Å². The van der Waals surface area contributed by atoms with Crippen LogP contribution < -0.4 is 16.5 Å². The average molecular weight is 314 g/mol. The van der Waals surface area contributed by atoms with Crippen molar-refractivity contribution < 1.29 is 4.39 Å². The van der Waals surface area contributed by atoms with Gasteiger partial charge in [0.25, 0.3) is 0 Å². The lowest BCUT2D eigenvalue weighted by Gasteiger charge is -2.12. The SMILES string of the molecule is CC1=C(C(F)CN)[B]c2c(NCc3cccs3)cc(C)nc21. The van der Waals surface area contributed by atoms with Crippen LogP contribution in [-0.4, -0.2) is 25.0 Å². The van der Waals surface area contributed by atoms with Gasteiger partial charge in [-0.05, 0) is 42.4 Å². The number of allylic oxidation sites excluding steroid dienone is 1. The largest absolute Gasteiger partial charge is 0.380 e. The third-order valence-electron chi connectivity index (χ3n) is 3.85. The fraction of sp³-hybridized carbons (Fsp3) is 0.312. The number of rotatable bonds is 5. The lowest BCUT2D eigenvalue weighted by atomic mass is 9.64. The summed E-state index contributed by atoms with van der Waals surface area (Å²) >= 11 is 1.71. The molecule has 2 aromatic rings. The van der Waals surface area contributed by atoms with Gasteiger partial charge in [-0.2, -0.15) is 0 Å². The summed E-state index contributed by atoms with van der Waals surface area (Å²) in [6, 6.07) is 6.14. The first-order chi connectivity index (χ1) is 10.6. The van der Waals surface area contributed by atoms with Crippen LogP contribution in [0.3, 0.4) is 0 Å². The maximum atomic E-state index is 14.0. The molecule has 0 bridgehead atoms. The Labute approximate surface area is 134 Å². The Morgan fingerprint density at radius 2 is 2.27 bits per heavy atom. The van der Waals surface area contributed by atoms with Crippen LogP contribution in [0.1, 0.15) is 23.2 Å². The summed E-state index contributed by atoms with van der Waals surface area (Å²) in [7, 11) is 1.88. The number of fused-ring (bicyclic) bond motifs is 1. The molecule has 2 aromatic heterocycles. The zero-order valence-corrected chi connectivity index (χ0v) is 13.5. The van der Waals surface area contributed by atoms with E-state index in [1.54, 1.807) is 11.3 Å². The molecule has 1 atom stereocenters. The number of aryl methyl sites for hydroxylation is 1. The molecule has 1 unspecified atom stereocenters. The molecule has 0 fully saturated rings. The van der Waals surface area contributed by atoms with Crippen LogP contribution in [0.4, 0.5) is 10.1 Å². The monoisotopic (exact) mass is 314 g/mol. The molecule has 3 rings (SSSR count). The molecular formula is C16H18BFN3S. The number of aromatic nitrogens is 1. The molecule has 0 aliphatic carbocycles. The summed E-state index contributed by atoms with van der Waals surface area (Å²) in [5, 5.41) is 5.50. The number of nitrogens with one attached hydrogen (secondary N) is 1. The topological polar surface area (TPSA) is 50.9 Å². The van der Waals surface area contributed by atoms with Gasteiger partial charge in [0.2, 0.25) is 0 Å². The van der Waals surface area contributed by atoms with E-state index in [4.69, 9.17) is 5.73 Å². The highest BCUT2D eigenvalue weighted by atomic mass is 32.1. The minimum absolute atomic E-state index is 0.00585. The molecule has 0 aromatic carbocycles. The van der Waals surface area contributed by atoms with Gasteiger partial charge in [0.15, 0.2) is 7.28 Å². The second kappa shape index (κ2) is 6.22. The zero-order valence-electron chi connectivity index (χ0n) is 12.7. The number of anilines is 1. The smallest absolute Gasteiger partial charge is 0.195 e. The Morgan fingerprint density at radius 3 is 2.95 bits per heavy atom. The second-order valence-electron chi connectivity index (χ2n) is 5.43. The summed E-state index contributed by atoms with van der Waals surface area (Å²) < 4.78 is 14.0. The minimum Gasteiger partial charge on any atom is -0.380 e. The standard InChI is InChI=1S/C16H18BFN3S/c1-9-6-13(20-8-11-4-3-5-22-11)15-16(21-9)10(2)14(17-15)12(18)7-19/h3-6,12H,7-8,19H2,1-2H3,(H,20,21). The van der Waals surface area contributed by atoms with Crippen molar-refractivity contribution >= 4 is 35.3 Å². The summed E-state index contributed by atoms with van der Waals surface area (Å²) in [5.74, 6) is 0. The first kappa shape index (κ1) is 15.2. The number of nitrogens with two attached hydrogens (primary N) is 1. The Hall–Kier alpha value is -1.66. The normalized spacial score (nSPS) is 14.7. The van der Waals surface area contributed by atoms with E-state index in [0.29, 0.717) is 5.47 Å². The van der Waals surface area contributed by atoms with E-state index in [9.17, 15) is 4.39 Å². The van der Waals surface area contributed by atoms with Gasteiger partial charge in [0.05, 0.1) is 5.69 Å². The number of thiophene rings is 1. The van der Waals surface area contributed by atoms with E-state index < -0.39 is 6.17 Å². The Morgan fingerprint density at radius 1 is 1.45 bits per heavy atom. The fourth-order valence-corrected chi connectivity index (χ4v) is 3.35. The highest BCUT2D eigenvalue weighted by Gasteiger charge is 2.28. The molecule has 3 heterocycles. The number of hydrogen-bond donors (Lipinski definition) is 2. The van der Waals surface area contributed by atoms with Crippen LogP contribution in [0, 0.1) is 6.92 Å². The van der Waals surface area contributed by atoms with Crippen LogP contribution >= 0.6 is 11.3 Å². The quantitative estimate of drug-likeness (QED) is 0.834. The fourth-order valence-electron chi connectivity index (χ4n) is 2.71. The first-order valence-corrected chi connectivity index (χ1v) is 8.16. The van der Waals surface area contributed by atoms with E-state index in [-0.39, 0.29) is 6.54 Å². The van der Waals surface area contributed by atoms with Gasteiger partial charge in [0, 0.05) is 29.3 Å². The molecule has 22 heavy (non-hydrogen) atoms. The maximum absolute atomic E-state index is 14.0. The Bertz CT molecular complexity index is 712. The van der Waals surface area contributed by atoms with E-state index in [0.717, 1.165) is 34.7 Å². The summed E-state index contributed by atoms with van der Waals surface area (Å²) in [6.45, 7) is 4.62. The maximum Gasteiger partial charge on any atom is 0.195 e. The van der Waals surface area contributed by atoms with Crippen molar-refractivity contribution in [3.05, 3.63) is 45.3 Å². The van der Waals surface area contributed by atoms with Crippen molar-refractivity contribution in [2.24, 2.45) is 5.73 Å². The van der Waals surface area contributed by atoms with Crippen molar-refractivity contribution in [1.82, 2.24) is 4.98 Å². The van der Waals surface area contributed by atoms with Crippen LogP contribution in [0.5, 0.6) is 0 Å². The predicted molar refractivity (Wildman–Crippen MR) is 92.6 cm³/mol. The van der Waals surface area contributed by atoms with Gasteiger partial charge in [-0.25, -0.2) is 4.39 Å². The first-order valence-electron chi connectivity index (χ1n) is 7.28. The zero-order chi connectivity index (χ0) is 15.7. The van der Waals surface area contributed by atoms with Crippen molar-refractivity contribution in [3.63, 3.8) is 0 Å².